The van der Waals surface area contributed by atoms with Gasteiger partial charge in [-0.1, -0.05) is 35.5 Å². The summed E-state index contributed by atoms with van der Waals surface area (Å²) in [5, 5.41) is 14.9. The lowest BCUT2D eigenvalue weighted by atomic mass is 10.2. The monoisotopic (exact) mass is 525 g/mol. The summed E-state index contributed by atoms with van der Waals surface area (Å²) in [5.74, 6) is 0.135. The van der Waals surface area contributed by atoms with Crippen LogP contribution in [0.2, 0.25) is 5.02 Å². The van der Waals surface area contributed by atoms with Crippen molar-refractivity contribution in [3.8, 4) is 11.4 Å². The fourth-order valence-electron chi connectivity index (χ4n) is 3.25. The number of nitrogens with zero attached hydrogens (tertiary/aromatic N) is 3. The van der Waals surface area contributed by atoms with Gasteiger partial charge >= 0.3 is 0 Å². The normalized spacial score (nSPS) is 10.6. The van der Waals surface area contributed by atoms with E-state index >= 15 is 0 Å². The van der Waals surface area contributed by atoms with Crippen LogP contribution in [0.15, 0.2) is 78.0 Å². The molecule has 4 aromatic rings. The largest absolute Gasteiger partial charge is 0.497 e. The van der Waals surface area contributed by atoms with Gasteiger partial charge in [0.1, 0.15) is 11.6 Å². The first kappa shape index (κ1) is 25.2. The van der Waals surface area contributed by atoms with E-state index in [1.165, 1.54) is 24.3 Å². The number of benzene rings is 3. The first-order chi connectivity index (χ1) is 17.4. The van der Waals surface area contributed by atoms with Gasteiger partial charge in [-0.25, -0.2) is 4.39 Å². The first-order valence-corrected chi connectivity index (χ1v) is 12.1. The van der Waals surface area contributed by atoms with Crippen LogP contribution in [0.1, 0.15) is 16.2 Å². The SMILES string of the molecule is COc1ccc(C(=O)NCc2nnc(SCC(=O)Nc3ccc(F)cc3)n2-c2ccccc2Cl)cc1. The lowest BCUT2D eigenvalue weighted by Gasteiger charge is -2.12. The minimum atomic E-state index is -0.387. The van der Waals surface area contributed by atoms with Gasteiger partial charge in [-0.15, -0.1) is 10.2 Å². The molecule has 11 heteroatoms. The predicted molar refractivity (Wildman–Crippen MR) is 136 cm³/mol. The lowest BCUT2D eigenvalue weighted by Crippen LogP contribution is -2.24. The van der Waals surface area contributed by atoms with Crippen LogP contribution in [-0.4, -0.2) is 39.4 Å². The van der Waals surface area contributed by atoms with Crippen molar-refractivity contribution in [1.82, 2.24) is 20.1 Å². The summed E-state index contributed by atoms with van der Waals surface area (Å²) in [7, 11) is 1.55. The number of carbonyl (C=O) groups excluding carboxylic acids is 2. The third-order valence-electron chi connectivity index (χ3n) is 5.01. The molecule has 184 valence electrons. The predicted octanol–water partition coefficient (Wildman–Crippen LogP) is 4.73. The molecule has 0 aliphatic carbocycles. The van der Waals surface area contributed by atoms with Crippen LogP contribution in [0.3, 0.4) is 0 Å². The Bertz CT molecular complexity index is 1360. The molecule has 36 heavy (non-hydrogen) atoms. The summed E-state index contributed by atoms with van der Waals surface area (Å²) < 4.78 is 19.9. The number of carbonyl (C=O) groups is 2. The van der Waals surface area contributed by atoms with E-state index in [4.69, 9.17) is 16.3 Å². The number of methoxy groups -OCH3 is 1. The fourth-order valence-corrected chi connectivity index (χ4v) is 4.23. The second-order valence-electron chi connectivity index (χ2n) is 7.44. The number of para-hydroxylation sites is 1. The number of nitrogens with one attached hydrogen (secondary N) is 2. The summed E-state index contributed by atoms with van der Waals surface area (Å²) in [6.07, 6.45) is 0. The lowest BCUT2D eigenvalue weighted by molar-refractivity contribution is -0.113. The second-order valence-corrected chi connectivity index (χ2v) is 8.79. The van der Waals surface area contributed by atoms with Crippen molar-refractivity contribution < 1.29 is 18.7 Å². The molecule has 0 aliphatic heterocycles. The Morgan fingerprint density at radius 1 is 1.03 bits per heavy atom. The van der Waals surface area contributed by atoms with Gasteiger partial charge in [-0.3, -0.25) is 14.2 Å². The molecule has 0 radical (unpaired) electrons. The number of anilines is 1. The van der Waals surface area contributed by atoms with Crippen LogP contribution in [-0.2, 0) is 11.3 Å². The summed E-state index contributed by atoms with van der Waals surface area (Å²) in [5.41, 5.74) is 1.56. The molecule has 0 saturated carbocycles. The standard InChI is InChI=1S/C25H21ClFN5O3S/c1-35-19-12-6-16(7-13-19)24(34)28-14-22-30-31-25(32(22)21-5-3-2-4-20(21)26)36-15-23(33)29-18-10-8-17(27)9-11-18/h2-13H,14-15H2,1H3,(H,28,34)(H,29,33). The average molecular weight is 526 g/mol. The molecule has 1 aromatic heterocycles. The maximum atomic E-state index is 13.1. The van der Waals surface area contributed by atoms with Gasteiger partial charge in [0, 0.05) is 11.3 Å². The molecule has 3 aromatic carbocycles. The van der Waals surface area contributed by atoms with Crippen LogP contribution in [0.5, 0.6) is 5.75 Å². The second kappa shape index (κ2) is 11.7. The topological polar surface area (TPSA) is 98.1 Å². The molecular weight excluding hydrogens is 505 g/mol. The molecular formula is C25H21ClFN5O3S. The zero-order valence-corrected chi connectivity index (χ0v) is 20.6. The molecule has 0 saturated heterocycles. The van der Waals surface area contributed by atoms with Crippen molar-refractivity contribution in [3.63, 3.8) is 0 Å². The van der Waals surface area contributed by atoms with Gasteiger partial charge in [-0.2, -0.15) is 0 Å². The van der Waals surface area contributed by atoms with E-state index in [-0.39, 0.29) is 29.9 Å². The summed E-state index contributed by atoms with van der Waals surface area (Å²) >= 11 is 7.59. The van der Waals surface area contributed by atoms with Gasteiger partial charge in [0.25, 0.3) is 5.91 Å². The molecule has 4 rings (SSSR count). The Kier molecular flexibility index (Phi) is 8.19. The van der Waals surface area contributed by atoms with Gasteiger partial charge < -0.3 is 15.4 Å². The molecule has 8 nitrogen and oxygen atoms in total. The maximum absolute atomic E-state index is 13.1. The molecule has 0 unspecified atom stereocenters. The number of hydrogen-bond donors (Lipinski definition) is 2. The number of halogens is 2. The molecule has 1 heterocycles. The molecule has 0 aliphatic rings. The first-order valence-electron chi connectivity index (χ1n) is 10.7. The van der Waals surface area contributed by atoms with Gasteiger partial charge in [0.05, 0.1) is 30.1 Å². The molecule has 0 spiro atoms. The van der Waals surface area contributed by atoms with E-state index in [9.17, 15) is 14.0 Å². The number of ether oxygens (including phenoxy) is 1. The van der Waals surface area contributed by atoms with Crippen molar-refractivity contribution in [2.45, 2.75) is 11.7 Å². The van der Waals surface area contributed by atoms with Gasteiger partial charge in [0.2, 0.25) is 5.91 Å². The zero-order chi connectivity index (χ0) is 25.5. The van der Waals surface area contributed by atoms with Crippen LogP contribution < -0.4 is 15.4 Å². The third-order valence-corrected chi connectivity index (χ3v) is 6.26. The highest BCUT2D eigenvalue weighted by Crippen LogP contribution is 2.27. The summed E-state index contributed by atoms with van der Waals surface area (Å²) in [6.45, 7) is 0.0748. The molecule has 0 atom stereocenters. The van der Waals surface area contributed by atoms with Gasteiger partial charge in [-0.05, 0) is 60.7 Å². The van der Waals surface area contributed by atoms with Crippen molar-refractivity contribution in [3.05, 3.63) is 95.0 Å². The highest BCUT2D eigenvalue weighted by molar-refractivity contribution is 7.99. The number of rotatable bonds is 9. The smallest absolute Gasteiger partial charge is 0.251 e. The number of thioether (sulfide) groups is 1. The minimum Gasteiger partial charge on any atom is -0.497 e. The molecule has 0 bridgehead atoms. The maximum Gasteiger partial charge on any atom is 0.251 e. The highest BCUT2D eigenvalue weighted by Gasteiger charge is 2.19. The third kappa shape index (κ3) is 6.21. The number of aromatic nitrogens is 3. The fraction of sp³-hybridized carbons (Fsp3) is 0.120. The van der Waals surface area contributed by atoms with E-state index < -0.39 is 0 Å². The zero-order valence-electron chi connectivity index (χ0n) is 19.1. The Morgan fingerprint density at radius 2 is 1.75 bits per heavy atom. The van der Waals surface area contributed by atoms with Crippen molar-refractivity contribution in [2.75, 3.05) is 18.2 Å². The Hall–Kier alpha value is -3.89. The highest BCUT2D eigenvalue weighted by atomic mass is 35.5. The van der Waals surface area contributed by atoms with Crippen LogP contribution in [0.25, 0.3) is 5.69 Å². The van der Waals surface area contributed by atoms with E-state index in [0.29, 0.717) is 38.7 Å². The Balaban J connectivity index is 1.49. The number of amides is 2. The Morgan fingerprint density at radius 3 is 2.44 bits per heavy atom. The molecule has 0 fully saturated rings. The van der Waals surface area contributed by atoms with Crippen molar-refractivity contribution in [2.24, 2.45) is 0 Å². The molecule has 2 N–H and O–H groups in total. The number of hydrogen-bond acceptors (Lipinski definition) is 6. The van der Waals surface area contributed by atoms with Crippen LogP contribution in [0.4, 0.5) is 10.1 Å². The van der Waals surface area contributed by atoms with Crippen LogP contribution >= 0.6 is 23.4 Å². The quantitative estimate of drug-likeness (QED) is 0.307. The summed E-state index contributed by atoms with van der Waals surface area (Å²) in [6, 6.07) is 19.4. The van der Waals surface area contributed by atoms with Crippen molar-refractivity contribution in [1.29, 1.82) is 0 Å². The molecule has 2 amide bonds. The van der Waals surface area contributed by atoms with E-state index in [1.807, 2.05) is 6.07 Å². The van der Waals surface area contributed by atoms with E-state index in [1.54, 1.807) is 54.1 Å². The van der Waals surface area contributed by atoms with Crippen LogP contribution in [0, 0.1) is 5.82 Å². The van der Waals surface area contributed by atoms with E-state index in [0.717, 1.165) is 11.8 Å². The van der Waals surface area contributed by atoms with E-state index in [2.05, 4.69) is 20.8 Å². The average Bonchev–Trinajstić information content (AvgIpc) is 3.30. The Labute approximate surface area is 215 Å². The van der Waals surface area contributed by atoms with Crippen molar-refractivity contribution >= 4 is 40.9 Å². The van der Waals surface area contributed by atoms with Gasteiger partial charge in [0.15, 0.2) is 11.0 Å². The summed E-state index contributed by atoms with van der Waals surface area (Å²) in [4.78, 5) is 25.1. The minimum absolute atomic E-state index is 0.0260.